The van der Waals surface area contributed by atoms with Gasteiger partial charge in [0, 0.05) is 17.0 Å². The zero-order chi connectivity index (χ0) is 13.8. The van der Waals surface area contributed by atoms with Crippen molar-refractivity contribution in [1.82, 2.24) is 9.97 Å². The van der Waals surface area contributed by atoms with E-state index < -0.39 is 0 Å². The number of hydrogen-bond acceptors (Lipinski definition) is 6. The van der Waals surface area contributed by atoms with E-state index in [2.05, 4.69) is 29.1 Å². The molecule has 0 aliphatic rings. The standard InChI is InChI=1S/C12H16N4OS2/c1-7(2)10(13)11-15-8(6-19-11)5-9(17)16-12-14-3-4-18-12/h3-4,6-7,10H,5,13H2,1-2H3,(H,14,16,17). The Morgan fingerprint density at radius 1 is 1.47 bits per heavy atom. The average molecular weight is 296 g/mol. The van der Waals surface area contributed by atoms with E-state index in [1.54, 1.807) is 6.20 Å². The van der Waals surface area contributed by atoms with Crippen LogP contribution in [0, 0.1) is 5.92 Å². The number of nitrogens with one attached hydrogen (secondary N) is 1. The average Bonchev–Trinajstić information content (AvgIpc) is 2.99. The Balaban J connectivity index is 1.94. The van der Waals surface area contributed by atoms with E-state index in [9.17, 15) is 4.79 Å². The second kappa shape index (κ2) is 6.23. The molecule has 0 fully saturated rings. The smallest absolute Gasteiger partial charge is 0.232 e. The third-order valence-corrected chi connectivity index (χ3v) is 4.28. The van der Waals surface area contributed by atoms with E-state index in [0.717, 1.165) is 10.7 Å². The maximum atomic E-state index is 11.8. The highest BCUT2D eigenvalue weighted by Gasteiger charge is 2.16. The van der Waals surface area contributed by atoms with Crippen LogP contribution in [0.1, 0.15) is 30.6 Å². The Morgan fingerprint density at radius 2 is 2.26 bits per heavy atom. The topological polar surface area (TPSA) is 80.9 Å². The summed E-state index contributed by atoms with van der Waals surface area (Å²) in [7, 11) is 0. The van der Waals surface area contributed by atoms with Crippen LogP contribution in [-0.2, 0) is 11.2 Å². The molecule has 19 heavy (non-hydrogen) atoms. The predicted octanol–water partition coefficient (Wildman–Crippen LogP) is 2.44. The van der Waals surface area contributed by atoms with Crippen molar-refractivity contribution in [2.45, 2.75) is 26.3 Å². The van der Waals surface area contributed by atoms with Gasteiger partial charge in [-0.25, -0.2) is 9.97 Å². The van der Waals surface area contributed by atoms with Gasteiger partial charge in [0.05, 0.1) is 18.2 Å². The van der Waals surface area contributed by atoms with Crippen molar-refractivity contribution in [3.8, 4) is 0 Å². The molecule has 0 radical (unpaired) electrons. The molecule has 1 atom stereocenters. The van der Waals surface area contributed by atoms with Gasteiger partial charge in [0.25, 0.3) is 0 Å². The Morgan fingerprint density at radius 3 is 2.89 bits per heavy atom. The minimum Gasteiger partial charge on any atom is -0.322 e. The molecule has 0 saturated carbocycles. The second-order valence-corrected chi connectivity index (χ2v) is 6.29. The lowest BCUT2D eigenvalue weighted by atomic mass is 10.1. The van der Waals surface area contributed by atoms with Crippen LogP contribution >= 0.6 is 22.7 Å². The van der Waals surface area contributed by atoms with Gasteiger partial charge in [0.1, 0.15) is 5.01 Å². The molecular formula is C12H16N4OS2. The zero-order valence-corrected chi connectivity index (χ0v) is 12.4. The van der Waals surface area contributed by atoms with Gasteiger partial charge in [-0.3, -0.25) is 4.79 Å². The molecule has 1 amide bonds. The van der Waals surface area contributed by atoms with Gasteiger partial charge in [0.15, 0.2) is 5.13 Å². The van der Waals surface area contributed by atoms with Crippen LogP contribution < -0.4 is 11.1 Å². The summed E-state index contributed by atoms with van der Waals surface area (Å²) >= 11 is 2.90. The van der Waals surface area contributed by atoms with Crippen molar-refractivity contribution in [2.24, 2.45) is 11.7 Å². The van der Waals surface area contributed by atoms with Gasteiger partial charge in [-0.05, 0) is 5.92 Å². The molecule has 1 unspecified atom stereocenters. The Hall–Kier alpha value is -1.31. The molecule has 0 aliphatic carbocycles. The van der Waals surface area contributed by atoms with Crippen molar-refractivity contribution in [2.75, 3.05) is 5.32 Å². The van der Waals surface area contributed by atoms with Gasteiger partial charge in [-0.15, -0.1) is 22.7 Å². The number of carbonyl (C=O) groups is 1. The van der Waals surface area contributed by atoms with Crippen molar-refractivity contribution in [1.29, 1.82) is 0 Å². The molecule has 2 aromatic rings. The first kappa shape index (κ1) is 14.1. The van der Waals surface area contributed by atoms with Crippen molar-refractivity contribution in [3.05, 3.63) is 27.7 Å². The zero-order valence-electron chi connectivity index (χ0n) is 10.8. The molecule has 5 nitrogen and oxygen atoms in total. The number of thiazole rings is 2. The van der Waals surface area contributed by atoms with E-state index in [0.29, 0.717) is 11.0 Å². The molecule has 2 heterocycles. The summed E-state index contributed by atoms with van der Waals surface area (Å²) in [5.74, 6) is 0.230. The fourth-order valence-corrected chi connectivity index (χ4v) is 2.99. The highest BCUT2D eigenvalue weighted by Crippen LogP contribution is 2.22. The number of carbonyl (C=O) groups excluding carboxylic acids is 1. The largest absolute Gasteiger partial charge is 0.322 e. The van der Waals surface area contributed by atoms with Crippen LogP contribution in [0.5, 0.6) is 0 Å². The lowest BCUT2D eigenvalue weighted by molar-refractivity contribution is -0.115. The van der Waals surface area contributed by atoms with Gasteiger partial charge >= 0.3 is 0 Å². The lowest BCUT2D eigenvalue weighted by Crippen LogP contribution is -2.17. The van der Waals surface area contributed by atoms with E-state index >= 15 is 0 Å². The van der Waals surface area contributed by atoms with Gasteiger partial charge < -0.3 is 11.1 Å². The molecule has 7 heteroatoms. The van der Waals surface area contributed by atoms with E-state index in [-0.39, 0.29) is 18.4 Å². The van der Waals surface area contributed by atoms with Gasteiger partial charge in [-0.2, -0.15) is 0 Å². The van der Waals surface area contributed by atoms with Crippen LogP contribution in [0.4, 0.5) is 5.13 Å². The van der Waals surface area contributed by atoms with Crippen molar-refractivity contribution < 1.29 is 4.79 Å². The van der Waals surface area contributed by atoms with Crippen LogP contribution in [-0.4, -0.2) is 15.9 Å². The number of hydrogen-bond donors (Lipinski definition) is 2. The number of aromatic nitrogens is 2. The SMILES string of the molecule is CC(C)C(N)c1nc(CC(=O)Nc2nccs2)cs1. The summed E-state index contributed by atoms with van der Waals surface area (Å²) in [4.78, 5) is 20.2. The van der Waals surface area contributed by atoms with Crippen LogP contribution in [0.2, 0.25) is 0 Å². The number of amides is 1. The Kier molecular flexibility index (Phi) is 4.62. The van der Waals surface area contributed by atoms with Gasteiger partial charge in [0.2, 0.25) is 5.91 Å². The summed E-state index contributed by atoms with van der Waals surface area (Å²) in [5.41, 5.74) is 6.79. The molecule has 0 bridgehead atoms. The van der Waals surface area contributed by atoms with Crippen molar-refractivity contribution in [3.63, 3.8) is 0 Å². The fraction of sp³-hybridized carbons (Fsp3) is 0.417. The third kappa shape index (κ3) is 3.82. The molecule has 0 aromatic carbocycles. The summed E-state index contributed by atoms with van der Waals surface area (Å²) < 4.78 is 0. The minimum atomic E-state index is -0.107. The van der Waals surface area contributed by atoms with Crippen LogP contribution in [0.3, 0.4) is 0 Å². The fourth-order valence-electron chi connectivity index (χ4n) is 1.46. The number of rotatable bonds is 5. The quantitative estimate of drug-likeness (QED) is 0.888. The summed E-state index contributed by atoms with van der Waals surface area (Å²) in [6.45, 7) is 4.11. The second-order valence-electron chi connectivity index (χ2n) is 4.51. The first-order chi connectivity index (χ1) is 9.06. The number of nitrogens with zero attached hydrogens (tertiary/aromatic N) is 2. The highest BCUT2D eigenvalue weighted by atomic mass is 32.1. The maximum Gasteiger partial charge on any atom is 0.232 e. The third-order valence-electron chi connectivity index (χ3n) is 2.59. The summed E-state index contributed by atoms with van der Waals surface area (Å²) in [6.07, 6.45) is 1.91. The predicted molar refractivity (Wildman–Crippen MR) is 78.3 cm³/mol. The van der Waals surface area contributed by atoms with E-state index in [4.69, 9.17) is 5.73 Å². The molecular weight excluding hydrogens is 280 g/mol. The minimum absolute atomic E-state index is 0.0687. The molecule has 0 spiro atoms. The van der Waals surface area contributed by atoms with Crippen LogP contribution in [0.15, 0.2) is 17.0 Å². The van der Waals surface area contributed by atoms with Crippen molar-refractivity contribution >= 4 is 33.7 Å². The highest BCUT2D eigenvalue weighted by molar-refractivity contribution is 7.13. The molecule has 102 valence electrons. The molecule has 2 rings (SSSR count). The molecule has 0 aliphatic heterocycles. The lowest BCUT2D eigenvalue weighted by Gasteiger charge is -2.11. The van der Waals surface area contributed by atoms with Crippen LogP contribution in [0.25, 0.3) is 0 Å². The van der Waals surface area contributed by atoms with E-state index in [1.807, 2.05) is 10.8 Å². The monoisotopic (exact) mass is 296 g/mol. The normalized spacial score (nSPS) is 12.6. The van der Waals surface area contributed by atoms with E-state index in [1.165, 1.54) is 22.7 Å². The van der Waals surface area contributed by atoms with Gasteiger partial charge in [-0.1, -0.05) is 13.8 Å². The Labute approximate surface area is 119 Å². The summed E-state index contributed by atoms with van der Waals surface area (Å²) in [5, 5.41) is 7.93. The first-order valence-electron chi connectivity index (χ1n) is 5.95. The molecule has 0 saturated heterocycles. The molecule has 2 aromatic heterocycles. The summed E-state index contributed by atoms with van der Waals surface area (Å²) in [6, 6.07) is -0.0687. The number of nitrogens with two attached hydrogens (primary N) is 1. The Bertz CT molecular complexity index is 536. The first-order valence-corrected chi connectivity index (χ1v) is 7.71. The number of anilines is 1. The molecule has 3 N–H and O–H groups in total. The maximum absolute atomic E-state index is 11.8.